The average Bonchev–Trinajstić information content (AvgIpc) is 2.36. The van der Waals surface area contributed by atoms with Crippen molar-refractivity contribution in [3.63, 3.8) is 0 Å². The standard InChI is InChI=1S/C11H8ClF4NO3S/c12-6-2-1-5(3-7(6)13)9(10(19)20)17-8(18)4-21-11(14,15)16/h1-3,9H,4H2,(H,17,18)(H,19,20). The van der Waals surface area contributed by atoms with E-state index in [1.165, 1.54) is 0 Å². The van der Waals surface area contributed by atoms with Gasteiger partial charge in [-0.1, -0.05) is 17.7 Å². The smallest absolute Gasteiger partial charge is 0.442 e. The molecule has 0 radical (unpaired) electrons. The Bertz CT molecular complexity index is 553. The van der Waals surface area contributed by atoms with Crippen molar-refractivity contribution in [1.82, 2.24) is 5.32 Å². The second kappa shape index (κ2) is 6.99. The van der Waals surface area contributed by atoms with E-state index in [0.717, 1.165) is 18.2 Å². The van der Waals surface area contributed by atoms with Gasteiger partial charge < -0.3 is 10.4 Å². The molecular weight excluding hydrogens is 338 g/mol. The number of carbonyl (C=O) groups excluding carboxylic acids is 1. The third-order valence-corrected chi connectivity index (χ3v) is 3.24. The van der Waals surface area contributed by atoms with E-state index in [4.69, 9.17) is 16.7 Å². The van der Waals surface area contributed by atoms with E-state index in [0.29, 0.717) is 0 Å². The molecule has 1 amide bonds. The van der Waals surface area contributed by atoms with Crippen molar-refractivity contribution in [2.24, 2.45) is 0 Å². The number of aliphatic carboxylic acids is 1. The summed E-state index contributed by atoms with van der Waals surface area (Å²) in [5.74, 6) is -4.58. The van der Waals surface area contributed by atoms with Crippen LogP contribution < -0.4 is 5.32 Å². The van der Waals surface area contributed by atoms with Gasteiger partial charge in [-0.05, 0) is 29.5 Å². The van der Waals surface area contributed by atoms with Crippen LogP contribution in [-0.2, 0) is 9.59 Å². The molecule has 21 heavy (non-hydrogen) atoms. The molecule has 2 N–H and O–H groups in total. The van der Waals surface area contributed by atoms with E-state index in [-0.39, 0.29) is 10.6 Å². The van der Waals surface area contributed by atoms with Crippen molar-refractivity contribution >= 4 is 35.2 Å². The van der Waals surface area contributed by atoms with Gasteiger partial charge in [-0.25, -0.2) is 9.18 Å². The molecule has 1 atom stereocenters. The summed E-state index contributed by atoms with van der Waals surface area (Å²) in [7, 11) is 0. The van der Waals surface area contributed by atoms with Crippen molar-refractivity contribution < 1.29 is 32.3 Å². The van der Waals surface area contributed by atoms with Gasteiger partial charge in [-0.3, -0.25) is 4.79 Å². The predicted octanol–water partition coefficient (Wildman–Crippen LogP) is 2.97. The van der Waals surface area contributed by atoms with E-state index in [2.05, 4.69) is 0 Å². The quantitative estimate of drug-likeness (QED) is 0.805. The summed E-state index contributed by atoms with van der Waals surface area (Å²) in [5.41, 5.74) is -4.75. The highest BCUT2D eigenvalue weighted by atomic mass is 35.5. The largest absolute Gasteiger partial charge is 0.479 e. The number of carbonyl (C=O) groups is 2. The molecule has 1 unspecified atom stereocenters. The lowest BCUT2D eigenvalue weighted by atomic mass is 10.1. The van der Waals surface area contributed by atoms with Gasteiger partial charge in [0, 0.05) is 0 Å². The first-order valence-corrected chi connectivity index (χ1v) is 6.64. The summed E-state index contributed by atoms with van der Waals surface area (Å²) in [6.45, 7) is 0. The number of thioether (sulfide) groups is 1. The number of rotatable bonds is 5. The molecule has 1 aromatic carbocycles. The summed E-state index contributed by atoms with van der Waals surface area (Å²) >= 11 is 4.83. The molecule has 0 saturated heterocycles. The number of alkyl halides is 3. The fourth-order valence-corrected chi connectivity index (χ4v) is 1.83. The topological polar surface area (TPSA) is 66.4 Å². The monoisotopic (exact) mass is 345 g/mol. The molecule has 0 spiro atoms. The molecule has 4 nitrogen and oxygen atoms in total. The molecule has 0 aromatic heterocycles. The van der Waals surface area contributed by atoms with Crippen LogP contribution in [0.5, 0.6) is 0 Å². The molecular formula is C11H8ClF4NO3S. The maximum atomic E-state index is 13.3. The van der Waals surface area contributed by atoms with Crippen molar-refractivity contribution in [3.8, 4) is 0 Å². The fraction of sp³-hybridized carbons (Fsp3) is 0.273. The van der Waals surface area contributed by atoms with E-state index >= 15 is 0 Å². The van der Waals surface area contributed by atoms with Crippen LogP contribution in [0.15, 0.2) is 18.2 Å². The summed E-state index contributed by atoms with van der Waals surface area (Å²) in [6, 6.07) is 1.36. The van der Waals surface area contributed by atoms with Crippen LogP contribution in [0.2, 0.25) is 5.02 Å². The second-order valence-corrected chi connectivity index (χ2v) is 5.19. The number of carboxylic acids is 1. The number of carboxylic acid groups (broad SMARTS) is 1. The van der Waals surface area contributed by atoms with Crippen molar-refractivity contribution in [2.75, 3.05) is 5.75 Å². The summed E-state index contributed by atoms with van der Waals surface area (Å²) in [6.07, 6.45) is 0. The third-order valence-electron chi connectivity index (χ3n) is 2.20. The Hall–Kier alpha value is -1.48. The van der Waals surface area contributed by atoms with Crippen molar-refractivity contribution in [2.45, 2.75) is 11.6 Å². The summed E-state index contributed by atoms with van der Waals surface area (Å²) < 4.78 is 49.1. The average molecular weight is 346 g/mol. The van der Waals surface area contributed by atoms with Crippen LogP contribution >= 0.6 is 23.4 Å². The van der Waals surface area contributed by atoms with Gasteiger partial charge in [0.2, 0.25) is 5.91 Å². The Labute approximate surface area is 125 Å². The molecule has 0 aliphatic carbocycles. The zero-order valence-corrected chi connectivity index (χ0v) is 11.7. The van der Waals surface area contributed by atoms with Gasteiger partial charge >= 0.3 is 11.5 Å². The van der Waals surface area contributed by atoms with Gasteiger partial charge in [0.05, 0.1) is 10.8 Å². The summed E-state index contributed by atoms with van der Waals surface area (Å²) in [4.78, 5) is 22.3. The highest BCUT2D eigenvalue weighted by Gasteiger charge is 2.30. The lowest BCUT2D eigenvalue weighted by Gasteiger charge is -2.15. The van der Waals surface area contributed by atoms with Gasteiger partial charge in [0.15, 0.2) is 6.04 Å². The Morgan fingerprint density at radius 2 is 2.00 bits per heavy atom. The molecule has 10 heteroatoms. The molecule has 0 bridgehead atoms. The van der Waals surface area contributed by atoms with E-state index in [9.17, 15) is 27.2 Å². The lowest BCUT2D eigenvalue weighted by molar-refractivity contribution is -0.141. The first-order chi connectivity index (χ1) is 9.60. The molecule has 1 aromatic rings. The highest BCUT2D eigenvalue weighted by Crippen LogP contribution is 2.30. The van der Waals surface area contributed by atoms with E-state index in [1.807, 2.05) is 5.32 Å². The van der Waals surface area contributed by atoms with Crippen molar-refractivity contribution in [1.29, 1.82) is 0 Å². The Kier molecular flexibility index (Phi) is 5.85. The van der Waals surface area contributed by atoms with Crippen LogP contribution in [0, 0.1) is 5.82 Å². The first kappa shape index (κ1) is 17.6. The van der Waals surface area contributed by atoms with Crippen LogP contribution in [0.1, 0.15) is 11.6 Å². The van der Waals surface area contributed by atoms with Crippen LogP contribution in [-0.4, -0.2) is 28.2 Å². The fourth-order valence-electron chi connectivity index (χ4n) is 1.33. The molecule has 0 aliphatic rings. The predicted molar refractivity (Wildman–Crippen MR) is 68.4 cm³/mol. The highest BCUT2D eigenvalue weighted by molar-refractivity contribution is 8.00. The van der Waals surface area contributed by atoms with Crippen LogP contribution in [0.3, 0.4) is 0 Å². The van der Waals surface area contributed by atoms with Gasteiger partial charge in [-0.15, -0.1) is 0 Å². The number of nitrogens with one attached hydrogen (secondary N) is 1. The van der Waals surface area contributed by atoms with Crippen LogP contribution in [0.4, 0.5) is 17.6 Å². The minimum atomic E-state index is -4.61. The molecule has 116 valence electrons. The third kappa shape index (κ3) is 5.80. The summed E-state index contributed by atoms with van der Waals surface area (Å²) in [5, 5.41) is 10.6. The maximum absolute atomic E-state index is 13.3. The number of hydrogen-bond acceptors (Lipinski definition) is 3. The minimum Gasteiger partial charge on any atom is -0.479 e. The van der Waals surface area contributed by atoms with Gasteiger partial charge in [-0.2, -0.15) is 13.2 Å². The maximum Gasteiger partial charge on any atom is 0.442 e. The lowest BCUT2D eigenvalue weighted by Crippen LogP contribution is -2.35. The number of amides is 1. The van der Waals surface area contributed by atoms with E-state index < -0.39 is 46.8 Å². The number of hydrogen-bond donors (Lipinski definition) is 2. The minimum absolute atomic E-state index is 0.144. The molecule has 0 aliphatic heterocycles. The first-order valence-electron chi connectivity index (χ1n) is 5.28. The Morgan fingerprint density at radius 1 is 1.38 bits per heavy atom. The zero-order chi connectivity index (χ0) is 16.2. The Balaban J connectivity index is 2.81. The molecule has 0 heterocycles. The van der Waals surface area contributed by atoms with Crippen molar-refractivity contribution in [3.05, 3.63) is 34.6 Å². The zero-order valence-electron chi connectivity index (χ0n) is 10.1. The molecule has 0 fully saturated rings. The number of benzene rings is 1. The molecule has 1 rings (SSSR count). The SMILES string of the molecule is O=C(CSC(F)(F)F)NC(C(=O)O)c1ccc(Cl)c(F)c1. The van der Waals surface area contributed by atoms with E-state index in [1.54, 1.807) is 0 Å². The second-order valence-electron chi connectivity index (χ2n) is 3.75. The van der Waals surface area contributed by atoms with Gasteiger partial charge in [0.25, 0.3) is 0 Å². The normalized spacial score (nSPS) is 12.8. The van der Waals surface area contributed by atoms with Crippen LogP contribution in [0.25, 0.3) is 0 Å². The van der Waals surface area contributed by atoms with Gasteiger partial charge in [0.1, 0.15) is 5.82 Å². The Morgan fingerprint density at radius 3 is 2.48 bits per heavy atom. The number of halogens is 5. The molecule has 0 saturated carbocycles.